The van der Waals surface area contributed by atoms with Gasteiger partial charge in [0.1, 0.15) is 0 Å². The monoisotopic (exact) mass is 287 g/mol. The summed E-state index contributed by atoms with van der Waals surface area (Å²) in [6.07, 6.45) is 1.12. The van der Waals surface area contributed by atoms with Crippen LogP contribution in [0.25, 0.3) is 0 Å². The van der Waals surface area contributed by atoms with Crippen LogP contribution in [0.2, 0.25) is 0 Å². The predicted octanol–water partition coefficient (Wildman–Crippen LogP) is 3.38. The van der Waals surface area contributed by atoms with E-state index >= 15 is 0 Å². The van der Waals surface area contributed by atoms with Crippen molar-refractivity contribution in [3.63, 3.8) is 0 Å². The summed E-state index contributed by atoms with van der Waals surface area (Å²) in [5.74, 6) is 0.815. The summed E-state index contributed by atoms with van der Waals surface area (Å²) in [7, 11) is 0. The number of carbonyl (C=O) groups is 1. The fourth-order valence-corrected chi connectivity index (χ4v) is 3.50. The molecular weight excluding hydrogens is 274 g/mol. The molecule has 1 aromatic heterocycles. The molecule has 1 aromatic rings. The van der Waals surface area contributed by atoms with E-state index in [1.165, 1.54) is 11.3 Å². The second-order valence-corrected chi connectivity index (χ2v) is 6.71. The standard InChI is InChI=1S/C11H14BrNOS/c1-7-5-8(2)13(6-7)11(14)9-3-4-10(12)15-9/h3-4,7-8H,5-6H2,1-2H3. The molecule has 0 N–H and O–H groups in total. The topological polar surface area (TPSA) is 20.3 Å². The van der Waals surface area contributed by atoms with Gasteiger partial charge in [0, 0.05) is 12.6 Å². The highest BCUT2D eigenvalue weighted by Gasteiger charge is 2.30. The van der Waals surface area contributed by atoms with Crippen LogP contribution in [-0.2, 0) is 0 Å². The number of thiophene rings is 1. The van der Waals surface area contributed by atoms with Crippen molar-refractivity contribution in [2.24, 2.45) is 5.92 Å². The summed E-state index contributed by atoms with van der Waals surface area (Å²) in [5.41, 5.74) is 0. The Hall–Kier alpha value is -0.350. The van der Waals surface area contributed by atoms with Gasteiger partial charge in [0.25, 0.3) is 5.91 Å². The van der Waals surface area contributed by atoms with Gasteiger partial charge in [-0.25, -0.2) is 0 Å². The molecule has 2 unspecified atom stereocenters. The summed E-state index contributed by atoms with van der Waals surface area (Å²) in [5, 5.41) is 0. The average Bonchev–Trinajstić information content (AvgIpc) is 2.71. The minimum Gasteiger partial charge on any atom is -0.335 e. The van der Waals surface area contributed by atoms with E-state index in [2.05, 4.69) is 29.8 Å². The minimum absolute atomic E-state index is 0.183. The Labute approximate surface area is 102 Å². The normalized spacial score (nSPS) is 25.9. The van der Waals surface area contributed by atoms with Crippen molar-refractivity contribution in [3.05, 3.63) is 20.8 Å². The Bertz CT molecular complexity index is 376. The molecule has 82 valence electrons. The molecule has 2 heterocycles. The third-order valence-electron chi connectivity index (χ3n) is 2.83. The summed E-state index contributed by atoms with van der Waals surface area (Å²) < 4.78 is 1.02. The maximum absolute atomic E-state index is 12.1. The molecule has 4 heteroatoms. The highest BCUT2D eigenvalue weighted by atomic mass is 79.9. The lowest BCUT2D eigenvalue weighted by molar-refractivity contribution is 0.0748. The van der Waals surface area contributed by atoms with Gasteiger partial charge in [-0.3, -0.25) is 4.79 Å². The van der Waals surface area contributed by atoms with Crippen LogP contribution in [0.15, 0.2) is 15.9 Å². The van der Waals surface area contributed by atoms with E-state index < -0.39 is 0 Å². The number of rotatable bonds is 1. The second kappa shape index (κ2) is 4.26. The first-order valence-corrected chi connectivity index (χ1v) is 6.75. The molecule has 0 radical (unpaired) electrons. The van der Waals surface area contributed by atoms with E-state index in [4.69, 9.17) is 0 Å². The molecule has 0 aliphatic carbocycles. The molecule has 0 aromatic carbocycles. The summed E-state index contributed by atoms with van der Waals surface area (Å²) >= 11 is 4.90. The lowest BCUT2D eigenvalue weighted by Gasteiger charge is -2.20. The minimum atomic E-state index is 0.183. The van der Waals surface area contributed by atoms with Crippen molar-refractivity contribution < 1.29 is 4.79 Å². The van der Waals surface area contributed by atoms with Crippen LogP contribution in [0.1, 0.15) is 29.9 Å². The van der Waals surface area contributed by atoms with E-state index in [9.17, 15) is 4.79 Å². The molecule has 2 nitrogen and oxygen atoms in total. The smallest absolute Gasteiger partial charge is 0.264 e. The van der Waals surface area contributed by atoms with Gasteiger partial charge in [-0.1, -0.05) is 6.92 Å². The Balaban J connectivity index is 2.15. The zero-order valence-electron chi connectivity index (χ0n) is 8.87. The van der Waals surface area contributed by atoms with Gasteiger partial charge in [0.15, 0.2) is 0 Å². The van der Waals surface area contributed by atoms with E-state index in [1.807, 2.05) is 17.0 Å². The summed E-state index contributed by atoms with van der Waals surface area (Å²) in [6.45, 7) is 5.23. The van der Waals surface area contributed by atoms with Gasteiger partial charge in [-0.05, 0) is 47.3 Å². The molecule has 1 saturated heterocycles. The highest BCUT2D eigenvalue weighted by Crippen LogP contribution is 2.28. The summed E-state index contributed by atoms with van der Waals surface area (Å²) in [6, 6.07) is 4.21. The van der Waals surface area contributed by atoms with Crippen LogP contribution in [0.4, 0.5) is 0 Å². The first-order valence-electron chi connectivity index (χ1n) is 5.14. The fourth-order valence-electron chi connectivity index (χ4n) is 2.15. The molecule has 2 atom stereocenters. The first-order chi connectivity index (χ1) is 7.08. The third-order valence-corrected chi connectivity index (χ3v) is 4.44. The second-order valence-electron chi connectivity index (χ2n) is 4.25. The van der Waals surface area contributed by atoms with Crippen LogP contribution in [0.5, 0.6) is 0 Å². The highest BCUT2D eigenvalue weighted by molar-refractivity contribution is 9.11. The predicted molar refractivity (Wildman–Crippen MR) is 66.3 cm³/mol. The van der Waals surface area contributed by atoms with E-state index in [-0.39, 0.29) is 5.91 Å². The lowest BCUT2D eigenvalue weighted by Crippen LogP contribution is -2.33. The van der Waals surface area contributed by atoms with Gasteiger partial charge < -0.3 is 4.90 Å². The Kier molecular flexibility index (Phi) is 3.16. The molecule has 1 fully saturated rings. The zero-order chi connectivity index (χ0) is 11.0. The van der Waals surface area contributed by atoms with Gasteiger partial charge in [-0.2, -0.15) is 0 Å². The van der Waals surface area contributed by atoms with Gasteiger partial charge in [0.05, 0.1) is 8.66 Å². The first kappa shape index (κ1) is 11.1. The van der Waals surface area contributed by atoms with E-state index in [1.54, 1.807) is 0 Å². The van der Waals surface area contributed by atoms with Crippen LogP contribution < -0.4 is 0 Å². The number of hydrogen-bond donors (Lipinski definition) is 0. The van der Waals surface area contributed by atoms with Gasteiger partial charge >= 0.3 is 0 Å². The number of likely N-dealkylation sites (tertiary alicyclic amines) is 1. The molecule has 1 aliphatic heterocycles. The van der Waals surface area contributed by atoms with Crippen molar-refractivity contribution in [1.29, 1.82) is 0 Å². The number of halogens is 1. The zero-order valence-corrected chi connectivity index (χ0v) is 11.3. The van der Waals surface area contributed by atoms with Crippen molar-refractivity contribution >= 4 is 33.2 Å². The van der Waals surface area contributed by atoms with Gasteiger partial charge in [0.2, 0.25) is 0 Å². The third kappa shape index (κ3) is 2.26. The molecule has 0 spiro atoms. The quantitative estimate of drug-likeness (QED) is 0.775. The molecule has 0 saturated carbocycles. The van der Waals surface area contributed by atoms with Crippen molar-refractivity contribution in [2.75, 3.05) is 6.54 Å². The van der Waals surface area contributed by atoms with E-state index in [0.717, 1.165) is 21.6 Å². The number of carbonyl (C=O) groups excluding carboxylic acids is 1. The maximum atomic E-state index is 12.1. The molecule has 15 heavy (non-hydrogen) atoms. The molecular formula is C11H14BrNOS. The molecule has 0 bridgehead atoms. The van der Waals surface area contributed by atoms with Gasteiger partial charge in [-0.15, -0.1) is 11.3 Å². The van der Waals surface area contributed by atoms with Crippen molar-refractivity contribution in [2.45, 2.75) is 26.3 Å². The van der Waals surface area contributed by atoms with Crippen LogP contribution >= 0.6 is 27.3 Å². The van der Waals surface area contributed by atoms with Crippen LogP contribution in [-0.4, -0.2) is 23.4 Å². The van der Waals surface area contributed by atoms with Crippen LogP contribution in [0.3, 0.4) is 0 Å². The molecule has 1 aliphatic rings. The van der Waals surface area contributed by atoms with E-state index in [0.29, 0.717) is 12.0 Å². The summed E-state index contributed by atoms with van der Waals surface area (Å²) in [4.78, 5) is 15.0. The maximum Gasteiger partial charge on any atom is 0.264 e. The fraction of sp³-hybridized carbons (Fsp3) is 0.545. The largest absolute Gasteiger partial charge is 0.335 e. The number of nitrogens with zero attached hydrogens (tertiary/aromatic N) is 1. The lowest BCUT2D eigenvalue weighted by atomic mass is 10.1. The Morgan fingerprint density at radius 1 is 1.53 bits per heavy atom. The average molecular weight is 288 g/mol. The number of amides is 1. The van der Waals surface area contributed by atoms with Crippen LogP contribution in [0, 0.1) is 5.92 Å². The van der Waals surface area contributed by atoms with Crippen molar-refractivity contribution in [1.82, 2.24) is 4.90 Å². The molecule has 2 rings (SSSR count). The number of hydrogen-bond acceptors (Lipinski definition) is 2. The molecule has 1 amide bonds. The Morgan fingerprint density at radius 3 is 2.73 bits per heavy atom. The SMILES string of the molecule is CC1CC(C)N(C(=O)c2ccc(Br)s2)C1. The Morgan fingerprint density at radius 2 is 2.27 bits per heavy atom. The van der Waals surface area contributed by atoms with Crippen molar-refractivity contribution in [3.8, 4) is 0 Å².